The summed E-state index contributed by atoms with van der Waals surface area (Å²) in [5, 5.41) is 3.05. The lowest BCUT2D eigenvalue weighted by Gasteiger charge is -2.16. The van der Waals surface area contributed by atoms with Gasteiger partial charge in [0.2, 0.25) is 11.8 Å². The number of rotatable bonds is 5. The van der Waals surface area contributed by atoms with Crippen molar-refractivity contribution in [3.63, 3.8) is 0 Å². The maximum atomic E-state index is 11.7. The van der Waals surface area contributed by atoms with Crippen molar-refractivity contribution in [2.45, 2.75) is 18.9 Å². The van der Waals surface area contributed by atoms with Crippen LogP contribution in [0.15, 0.2) is 18.3 Å². The van der Waals surface area contributed by atoms with Crippen LogP contribution < -0.4 is 10.1 Å². The topological polar surface area (TPSA) is 54.5 Å². The zero-order valence-electron chi connectivity index (χ0n) is 10.1. The third-order valence-corrected chi connectivity index (χ3v) is 2.88. The van der Waals surface area contributed by atoms with E-state index in [1.165, 1.54) is 0 Å². The number of hydrogen-bond donors (Lipinski definition) is 1. The van der Waals surface area contributed by atoms with E-state index in [4.69, 9.17) is 4.74 Å². The molecule has 0 aliphatic heterocycles. The van der Waals surface area contributed by atoms with E-state index in [-0.39, 0.29) is 5.91 Å². The summed E-state index contributed by atoms with van der Waals surface area (Å²) in [5.74, 6) is 0.681. The Labute approximate surface area is 101 Å². The largest absolute Gasteiger partial charge is 0.481 e. The lowest BCUT2D eigenvalue weighted by Crippen LogP contribution is -2.33. The van der Waals surface area contributed by atoms with Crippen LogP contribution >= 0.6 is 0 Å². The van der Waals surface area contributed by atoms with E-state index in [9.17, 15) is 4.79 Å². The molecule has 0 radical (unpaired) electrons. The summed E-state index contributed by atoms with van der Waals surface area (Å²) in [5.41, 5.74) is 0.823. The van der Waals surface area contributed by atoms with Gasteiger partial charge in [0.05, 0.1) is 25.5 Å². The van der Waals surface area contributed by atoms with Crippen LogP contribution in [0.5, 0.6) is 5.88 Å². The first-order valence-corrected chi connectivity index (χ1v) is 5.70. The first kappa shape index (κ1) is 11.7. The molecule has 5 nitrogen and oxygen atoms in total. The van der Waals surface area contributed by atoms with Gasteiger partial charge in [0.1, 0.15) is 0 Å². The number of methoxy groups -OCH3 is 1. The maximum Gasteiger partial charge on any atom is 0.241 e. The minimum Gasteiger partial charge on any atom is -0.481 e. The van der Waals surface area contributed by atoms with Crippen LogP contribution in [0.3, 0.4) is 0 Å². The number of nitrogens with one attached hydrogen (secondary N) is 1. The fourth-order valence-electron chi connectivity index (χ4n) is 1.57. The highest BCUT2D eigenvalue weighted by Crippen LogP contribution is 2.25. The number of pyridine rings is 1. The third kappa shape index (κ3) is 3.09. The zero-order valence-corrected chi connectivity index (χ0v) is 10.1. The fraction of sp³-hybridized carbons (Fsp3) is 0.500. The number of hydrogen-bond acceptors (Lipinski definition) is 4. The molecule has 0 spiro atoms. The lowest BCUT2D eigenvalue weighted by molar-refractivity contribution is -0.128. The molecule has 0 bridgehead atoms. The minimum atomic E-state index is 0.114. The Morgan fingerprint density at radius 1 is 1.59 bits per heavy atom. The molecule has 2 rings (SSSR count). The molecular formula is C12H17N3O2. The van der Waals surface area contributed by atoms with E-state index in [1.807, 2.05) is 18.0 Å². The van der Waals surface area contributed by atoms with Gasteiger partial charge in [-0.05, 0) is 18.9 Å². The van der Waals surface area contributed by atoms with E-state index in [0.29, 0.717) is 18.5 Å². The zero-order chi connectivity index (χ0) is 12.3. The number of likely N-dealkylation sites (N-methyl/N-ethyl adjacent to an activating group) is 1. The molecule has 1 aliphatic carbocycles. The molecule has 0 unspecified atom stereocenters. The Kier molecular flexibility index (Phi) is 3.46. The van der Waals surface area contributed by atoms with Crippen LogP contribution in [0, 0.1) is 0 Å². The molecule has 1 heterocycles. The van der Waals surface area contributed by atoms with E-state index < -0.39 is 0 Å². The predicted molar refractivity (Wildman–Crippen MR) is 65.1 cm³/mol. The van der Waals surface area contributed by atoms with Crippen LogP contribution in [0.2, 0.25) is 0 Å². The van der Waals surface area contributed by atoms with Gasteiger partial charge >= 0.3 is 0 Å². The molecule has 5 heteroatoms. The SMILES string of the molecule is COc1ccc(NCC(=O)N(C)C2CC2)cn1. The van der Waals surface area contributed by atoms with E-state index >= 15 is 0 Å². The molecule has 0 atom stereocenters. The predicted octanol–water partition coefficient (Wildman–Crippen LogP) is 1.12. The summed E-state index contributed by atoms with van der Waals surface area (Å²) >= 11 is 0. The van der Waals surface area contributed by atoms with Gasteiger partial charge in [0.25, 0.3) is 0 Å². The highest BCUT2D eigenvalue weighted by molar-refractivity contribution is 5.81. The number of anilines is 1. The van der Waals surface area contributed by atoms with Crippen molar-refractivity contribution in [2.75, 3.05) is 26.0 Å². The second-order valence-electron chi connectivity index (χ2n) is 4.18. The summed E-state index contributed by atoms with van der Waals surface area (Å²) in [7, 11) is 3.43. The number of nitrogens with zero attached hydrogens (tertiary/aromatic N) is 2. The molecule has 1 aliphatic rings. The van der Waals surface area contributed by atoms with Gasteiger partial charge in [-0.1, -0.05) is 0 Å². The van der Waals surface area contributed by atoms with E-state index in [1.54, 1.807) is 19.4 Å². The average molecular weight is 235 g/mol. The second-order valence-corrected chi connectivity index (χ2v) is 4.18. The van der Waals surface area contributed by atoms with Crippen molar-refractivity contribution in [3.05, 3.63) is 18.3 Å². The molecule has 1 fully saturated rings. The van der Waals surface area contributed by atoms with Gasteiger partial charge in [-0.25, -0.2) is 4.98 Å². The number of carbonyl (C=O) groups excluding carboxylic acids is 1. The number of carbonyl (C=O) groups is 1. The van der Waals surface area contributed by atoms with Crippen LogP contribution in [-0.4, -0.2) is 42.5 Å². The minimum absolute atomic E-state index is 0.114. The molecule has 1 amide bonds. The monoisotopic (exact) mass is 235 g/mol. The Morgan fingerprint density at radius 3 is 2.88 bits per heavy atom. The van der Waals surface area contributed by atoms with Crippen LogP contribution in [-0.2, 0) is 4.79 Å². The van der Waals surface area contributed by atoms with Crippen LogP contribution in [0.1, 0.15) is 12.8 Å². The van der Waals surface area contributed by atoms with E-state index in [2.05, 4.69) is 10.3 Å². The molecular weight excluding hydrogens is 218 g/mol. The Balaban J connectivity index is 1.82. The summed E-state index contributed by atoms with van der Waals surface area (Å²) in [4.78, 5) is 17.6. The summed E-state index contributed by atoms with van der Waals surface area (Å²) in [6.07, 6.45) is 3.92. The summed E-state index contributed by atoms with van der Waals surface area (Å²) < 4.78 is 4.96. The molecule has 0 aromatic carbocycles. The Bertz CT molecular complexity index is 387. The van der Waals surface area contributed by atoms with Gasteiger partial charge in [0, 0.05) is 19.2 Å². The van der Waals surface area contributed by atoms with Crippen LogP contribution in [0.4, 0.5) is 5.69 Å². The van der Waals surface area contributed by atoms with Crippen molar-refractivity contribution >= 4 is 11.6 Å². The van der Waals surface area contributed by atoms with Crippen molar-refractivity contribution in [2.24, 2.45) is 0 Å². The van der Waals surface area contributed by atoms with E-state index in [0.717, 1.165) is 18.5 Å². The highest BCUT2D eigenvalue weighted by Gasteiger charge is 2.29. The first-order valence-electron chi connectivity index (χ1n) is 5.70. The third-order valence-electron chi connectivity index (χ3n) is 2.88. The van der Waals surface area contributed by atoms with Gasteiger partial charge in [-0.3, -0.25) is 4.79 Å². The first-order chi connectivity index (χ1) is 8.20. The molecule has 17 heavy (non-hydrogen) atoms. The Hall–Kier alpha value is -1.78. The quantitative estimate of drug-likeness (QED) is 0.831. The molecule has 1 aromatic heterocycles. The summed E-state index contributed by atoms with van der Waals surface area (Å²) in [6.45, 7) is 0.307. The molecule has 1 N–H and O–H groups in total. The fourth-order valence-corrected chi connectivity index (χ4v) is 1.57. The average Bonchev–Trinajstić information content (AvgIpc) is 3.20. The molecule has 1 saturated carbocycles. The molecule has 1 aromatic rings. The molecule has 92 valence electrons. The number of aromatic nitrogens is 1. The van der Waals surface area contributed by atoms with Crippen molar-refractivity contribution in [3.8, 4) is 5.88 Å². The number of amides is 1. The van der Waals surface area contributed by atoms with Gasteiger partial charge < -0.3 is 15.0 Å². The smallest absolute Gasteiger partial charge is 0.241 e. The maximum absolute atomic E-state index is 11.7. The Morgan fingerprint density at radius 2 is 2.35 bits per heavy atom. The lowest BCUT2D eigenvalue weighted by atomic mass is 10.4. The van der Waals surface area contributed by atoms with Crippen molar-refractivity contribution < 1.29 is 9.53 Å². The second kappa shape index (κ2) is 5.03. The standard InChI is InChI=1S/C12H17N3O2/c1-15(10-4-5-10)12(16)8-13-9-3-6-11(17-2)14-7-9/h3,6-7,10,13H,4-5,8H2,1-2H3. The molecule has 0 saturated heterocycles. The van der Waals surface area contributed by atoms with Crippen LogP contribution in [0.25, 0.3) is 0 Å². The van der Waals surface area contributed by atoms with Crippen molar-refractivity contribution in [1.29, 1.82) is 0 Å². The van der Waals surface area contributed by atoms with Gasteiger partial charge in [-0.2, -0.15) is 0 Å². The van der Waals surface area contributed by atoms with Gasteiger partial charge in [0.15, 0.2) is 0 Å². The summed E-state index contributed by atoms with van der Waals surface area (Å²) in [6, 6.07) is 4.06. The number of ether oxygens (including phenoxy) is 1. The normalized spacial score (nSPS) is 14.2. The van der Waals surface area contributed by atoms with Gasteiger partial charge in [-0.15, -0.1) is 0 Å². The van der Waals surface area contributed by atoms with Crippen molar-refractivity contribution in [1.82, 2.24) is 9.88 Å². The highest BCUT2D eigenvalue weighted by atomic mass is 16.5.